The highest BCUT2D eigenvalue weighted by Crippen LogP contribution is 2.07. The minimum absolute atomic E-state index is 0.0525. The number of Topliss-reactive ketones (excluding diaryl/α,β-unsaturated/α-hetero) is 1. The van der Waals surface area contributed by atoms with Crippen LogP contribution in [0.15, 0.2) is 0 Å². The van der Waals surface area contributed by atoms with Crippen molar-refractivity contribution in [2.24, 2.45) is 5.73 Å². The second-order valence-corrected chi connectivity index (χ2v) is 4.20. The lowest BCUT2D eigenvalue weighted by Gasteiger charge is -2.06. The molecule has 0 fully saturated rings. The first-order valence-electron chi connectivity index (χ1n) is 5.74. The molecule has 2 N–H and O–H groups in total. The number of carbonyl (C=O) groups is 1. The molecule has 17 heavy (non-hydrogen) atoms. The second kappa shape index (κ2) is 10.3. The van der Waals surface area contributed by atoms with Gasteiger partial charge in [-0.25, -0.2) is 0 Å². The third-order valence-electron chi connectivity index (χ3n) is 2.37. The van der Waals surface area contributed by atoms with E-state index in [-0.39, 0.29) is 12.4 Å². The molecule has 0 spiro atoms. The predicted octanol–water partition coefficient (Wildman–Crippen LogP) is 1.36. The van der Waals surface area contributed by atoms with Gasteiger partial charge in [-0.2, -0.15) is 12.6 Å². The number of hydrogen-bond donors (Lipinski definition) is 2. The quantitative estimate of drug-likeness (QED) is 0.254. The van der Waals surface area contributed by atoms with Crippen LogP contribution in [0.2, 0.25) is 0 Å². The Balaban J connectivity index is 3.24. The molecule has 100 valence electrons. The highest BCUT2D eigenvalue weighted by Gasteiger charge is 2.10. The maximum atomic E-state index is 11.3. The summed E-state index contributed by atoms with van der Waals surface area (Å²) in [5.74, 6) is 0.438. The fourth-order valence-electron chi connectivity index (χ4n) is 1.36. The Morgan fingerprint density at radius 2 is 1.88 bits per heavy atom. The van der Waals surface area contributed by atoms with Gasteiger partial charge in [0.2, 0.25) is 0 Å². The van der Waals surface area contributed by atoms with E-state index in [9.17, 15) is 14.9 Å². The maximum absolute atomic E-state index is 11.3. The van der Waals surface area contributed by atoms with Crippen molar-refractivity contribution >= 4 is 18.4 Å². The second-order valence-electron chi connectivity index (χ2n) is 3.83. The van der Waals surface area contributed by atoms with E-state index >= 15 is 0 Å². The fourth-order valence-corrected chi connectivity index (χ4v) is 1.56. The molecule has 0 rings (SSSR count). The van der Waals surface area contributed by atoms with Gasteiger partial charge >= 0.3 is 0 Å². The first-order chi connectivity index (χ1) is 8.07. The molecule has 0 bridgehead atoms. The van der Waals surface area contributed by atoms with Crippen LogP contribution < -0.4 is 5.73 Å². The molecule has 0 aromatic rings. The smallest absolute Gasteiger partial charge is 0.294 e. The van der Waals surface area contributed by atoms with E-state index in [1.54, 1.807) is 0 Å². The third kappa shape index (κ3) is 10.1. The van der Waals surface area contributed by atoms with Gasteiger partial charge in [0.25, 0.3) is 5.09 Å². The molecular formula is C10H20N2O4S. The molecule has 0 aromatic heterocycles. The zero-order valence-corrected chi connectivity index (χ0v) is 10.7. The number of nitrogens with zero attached hydrogens (tertiary/aromatic N) is 1. The molecule has 0 heterocycles. The number of thiol groups is 1. The van der Waals surface area contributed by atoms with Crippen molar-refractivity contribution in [1.82, 2.24) is 0 Å². The molecule has 0 saturated carbocycles. The molecule has 1 unspecified atom stereocenters. The van der Waals surface area contributed by atoms with Gasteiger partial charge in [0.15, 0.2) is 0 Å². The fraction of sp³-hybridized carbons (Fsp3) is 0.900. The van der Waals surface area contributed by atoms with Gasteiger partial charge in [-0.3, -0.25) is 4.79 Å². The lowest BCUT2D eigenvalue weighted by molar-refractivity contribution is -0.757. The van der Waals surface area contributed by atoms with E-state index in [1.165, 1.54) is 0 Å². The SMILES string of the molecule is NC(CS)C(=O)CCCCCCCO[N+](=O)[O-]. The monoisotopic (exact) mass is 264 g/mol. The van der Waals surface area contributed by atoms with Gasteiger partial charge < -0.3 is 10.6 Å². The van der Waals surface area contributed by atoms with E-state index in [2.05, 4.69) is 17.5 Å². The van der Waals surface area contributed by atoms with Gasteiger partial charge in [0.1, 0.15) is 5.78 Å². The van der Waals surface area contributed by atoms with E-state index in [0.29, 0.717) is 18.6 Å². The van der Waals surface area contributed by atoms with Gasteiger partial charge in [-0.1, -0.05) is 19.3 Å². The molecular weight excluding hydrogens is 244 g/mol. The van der Waals surface area contributed by atoms with E-state index in [1.807, 2.05) is 0 Å². The number of carbonyl (C=O) groups excluding carboxylic acids is 1. The van der Waals surface area contributed by atoms with Crippen LogP contribution >= 0.6 is 12.6 Å². The third-order valence-corrected chi connectivity index (χ3v) is 2.77. The molecule has 6 nitrogen and oxygen atoms in total. The summed E-state index contributed by atoms with van der Waals surface area (Å²) in [7, 11) is 0. The molecule has 7 heteroatoms. The molecule has 0 amide bonds. The largest absolute Gasteiger partial charge is 0.321 e. The van der Waals surface area contributed by atoms with Crippen LogP contribution in [0.4, 0.5) is 0 Å². The van der Waals surface area contributed by atoms with Gasteiger partial charge in [0, 0.05) is 12.2 Å². The summed E-state index contributed by atoms with van der Waals surface area (Å²) < 4.78 is 0. The number of ketones is 1. The van der Waals surface area contributed by atoms with Crippen LogP contribution in [0.1, 0.15) is 38.5 Å². The first-order valence-corrected chi connectivity index (χ1v) is 6.37. The van der Waals surface area contributed by atoms with Crippen molar-refractivity contribution < 1.29 is 14.7 Å². The molecule has 1 atom stereocenters. The summed E-state index contributed by atoms with van der Waals surface area (Å²) in [6, 6.07) is -0.452. The highest BCUT2D eigenvalue weighted by molar-refractivity contribution is 7.80. The molecule has 0 aromatic carbocycles. The zero-order valence-electron chi connectivity index (χ0n) is 9.84. The van der Waals surface area contributed by atoms with Crippen LogP contribution in [0.5, 0.6) is 0 Å². The highest BCUT2D eigenvalue weighted by atomic mass is 32.1. The molecule has 0 aliphatic carbocycles. The molecule has 0 aliphatic heterocycles. The van der Waals surface area contributed by atoms with Gasteiger partial charge in [-0.15, -0.1) is 10.1 Å². The number of rotatable bonds is 11. The summed E-state index contributed by atoms with van der Waals surface area (Å²) in [6.45, 7) is 0.149. The summed E-state index contributed by atoms with van der Waals surface area (Å²) >= 11 is 3.96. The first kappa shape index (κ1) is 16.2. The van der Waals surface area contributed by atoms with Crippen molar-refractivity contribution in [3.05, 3.63) is 10.1 Å². The van der Waals surface area contributed by atoms with Crippen molar-refractivity contribution in [2.75, 3.05) is 12.4 Å². The Morgan fingerprint density at radius 1 is 1.29 bits per heavy atom. The topological polar surface area (TPSA) is 95.5 Å². The summed E-state index contributed by atoms with van der Waals surface area (Å²) in [5, 5.41) is 9.05. The Kier molecular flexibility index (Phi) is 9.84. The van der Waals surface area contributed by atoms with E-state index in [4.69, 9.17) is 5.73 Å². The Morgan fingerprint density at radius 3 is 2.47 bits per heavy atom. The number of nitrogens with two attached hydrogens (primary N) is 1. The number of unbranched alkanes of at least 4 members (excludes halogenated alkanes) is 4. The van der Waals surface area contributed by atoms with Crippen LogP contribution in [-0.4, -0.2) is 29.3 Å². The summed E-state index contributed by atoms with van der Waals surface area (Å²) in [5.41, 5.74) is 5.52. The van der Waals surface area contributed by atoms with Crippen LogP contribution in [-0.2, 0) is 9.63 Å². The Bertz CT molecular complexity index is 238. The van der Waals surface area contributed by atoms with Crippen molar-refractivity contribution in [2.45, 2.75) is 44.6 Å². The lowest BCUT2D eigenvalue weighted by Crippen LogP contribution is -2.31. The van der Waals surface area contributed by atoms with E-state index in [0.717, 1.165) is 25.7 Å². The molecule has 0 radical (unpaired) electrons. The normalized spacial score (nSPS) is 12.1. The summed E-state index contributed by atoms with van der Waals surface area (Å²) in [6.07, 6.45) is 4.74. The average Bonchev–Trinajstić information content (AvgIpc) is 2.30. The van der Waals surface area contributed by atoms with Gasteiger partial charge in [-0.05, 0) is 12.8 Å². The average molecular weight is 264 g/mol. The minimum Gasteiger partial charge on any atom is -0.321 e. The molecule has 0 saturated heterocycles. The van der Waals surface area contributed by atoms with Crippen molar-refractivity contribution in [3.63, 3.8) is 0 Å². The Hall–Kier alpha value is -0.820. The van der Waals surface area contributed by atoms with Gasteiger partial charge in [0.05, 0.1) is 12.6 Å². The zero-order chi connectivity index (χ0) is 13.1. The van der Waals surface area contributed by atoms with Crippen LogP contribution in [0.25, 0.3) is 0 Å². The van der Waals surface area contributed by atoms with Crippen molar-refractivity contribution in [1.29, 1.82) is 0 Å². The lowest BCUT2D eigenvalue weighted by atomic mass is 10.1. The van der Waals surface area contributed by atoms with Crippen LogP contribution in [0.3, 0.4) is 0 Å². The molecule has 0 aliphatic rings. The number of hydrogen-bond acceptors (Lipinski definition) is 6. The predicted molar refractivity (Wildman–Crippen MR) is 67.5 cm³/mol. The van der Waals surface area contributed by atoms with Crippen LogP contribution in [0, 0.1) is 10.1 Å². The standard InChI is InChI=1S/C10H20N2O4S/c11-9(8-17)10(13)6-4-2-1-3-5-7-16-12(14)15/h9,17H,1-8,11H2. The maximum Gasteiger partial charge on any atom is 0.294 e. The van der Waals surface area contributed by atoms with E-state index < -0.39 is 11.1 Å². The Labute approximate surface area is 106 Å². The van der Waals surface area contributed by atoms with Crippen molar-refractivity contribution in [3.8, 4) is 0 Å². The summed E-state index contributed by atoms with van der Waals surface area (Å²) in [4.78, 5) is 25.3. The minimum atomic E-state index is -0.780.